The number of nitrogens with one attached hydrogen (secondary N) is 2. The van der Waals surface area contributed by atoms with Crippen molar-refractivity contribution in [3.05, 3.63) is 0 Å². The Labute approximate surface area is 85.4 Å². The Morgan fingerprint density at radius 2 is 2.50 bits per heavy atom. The van der Waals surface area contributed by atoms with Crippen LogP contribution in [0.4, 0.5) is 0 Å². The van der Waals surface area contributed by atoms with Gasteiger partial charge in [0.25, 0.3) is 0 Å². The first kappa shape index (κ1) is 11.5. The maximum Gasteiger partial charge on any atom is 0.248 e. The minimum atomic E-state index is -0.287. The molecular formula is C10H20N2O2. The Hall–Kier alpha value is -0.610. The van der Waals surface area contributed by atoms with E-state index in [4.69, 9.17) is 4.74 Å². The first-order chi connectivity index (χ1) is 6.77. The van der Waals surface area contributed by atoms with E-state index in [0.29, 0.717) is 0 Å². The zero-order valence-corrected chi connectivity index (χ0v) is 9.01. The lowest BCUT2D eigenvalue weighted by Crippen LogP contribution is -2.42. The molecule has 1 saturated heterocycles. The van der Waals surface area contributed by atoms with Crippen LogP contribution in [0.3, 0.4) is 0 Å². The molecule has 1 fully saturated rings. The summed E-state index contributed by atoms with van der Waals surface area (Å²) in [5, 5.41) is 5.89. The van der Waals surface area contributed by atoms with Gasteiger partial charge in [0, 0.05) is 13.6 Å². The monoisotopic (exact) mass is 200 g/mol. The van der Waals surface area contributed by atoms with Crippen LogP contribution in [0.1, 0.15) is 26.2 Å². The molecule has 4 heteroatoms. The topological polar surface area (TPSA) is 50.4 Å². The third-order valence-electron chi connectivity index (χ3n) is 2.52. The van der Waals surface area contributed by atoms with E-state index in [-0.39, 0.29) is 18.1 Å². The lowest BCUT2D eigenvalue weighted by molar-refractivity contribution is -0.137. The number of likely N-dealkylation sites (N-methyl/N-ethyl adjacent to an activating group) is 1. The van der Waals surface area contributed by atoms with E-state index in [9.17, 15) is 4.79 Å². The number of rotatable bonds is 4. The molecule has 0 radical (unpaired) electrons. The van der Waals surface area contributed by atoms with Gasteiger partial charge in [0.05, 0.1) is 6.10 Å². The maximum atomic E-state index is 11.4. The molecule has 1 aliphatic heterocycles. The third-order valence-corrected chi connectivity index (χ3v) is 2.52. The maximum absolute atomic E-state index is 11.4. The van der Waals surface area contributed by atoms with Crippen molar-refractivity contribution in [3.63, 3.8) is 0 Å². The predicted molar refractivity (Wildman–Crippen MR) is 55.1 cm³/mol. The van der Waals surface area contributed by atoms with E-state index in [2.05, 4.69) is 10.6 Å². The Morgan fingerprint density at radius 1 is 1.71 bits per heavy atom. The van der Waals surface area contributed by atoms with Crippen molar-refractivity contribution in [2.75, 3.05) is 20.1 Å². The summed E-state index contributed by atoms with van der Waals surface area (Å²) in [6.07, 6.45) is 2.84. The Kier molecular flexibility index (Phi) is 4.90. The summed E-state index contributed by atoms with van der Waals surface area (Å²) in [5.74, 6) is -0.0157. The highest BCUT2D eigenvalue weighted by molar-refractivity contribution is 5.80. The van der Waals surface area contributed by atoms with Crippen molar-refractivity contribution in [2.45, 2.75) is 38.4 Å². The van der Waals surface area contributed by atoms with Crippen molar-refractivity contribution >= 4 is 5.91 Å². The number of amides is 1. The smallest absolute Gasteiger partial charge is 0.248 e. The lowest BCUT2D eigenvalue weighted by Gasteiger charge is -2.26. The second kappa shape index (κ2) is 5.98. The molecule has 4 nitrogen and oxygen atoms in total. The number of ether oxygens (including phenoxy) is 1. The van der Waals surface area contributed by atoms with Gasteiger partial charge in [-0.1, -0.05) is 6.92 Å². The Morgan fingerprint density at radius 3 is 3.00 bits per heavy atom. The SMILES string of the molecule is CC[C@@H](O[C@H]1CCCNC1)C(=O)NC. The average molecular weight is 200 g/mol. The molecular weight excluding hydrogens is 180 g/mol. The fraction of sp³-hybridized carbons (Fsp3) is 0.900. The summed E-state index contributed by atoms with van der Waals surface area (Å²) in [6.45, 7) is 3.90. The second-order valence-electron chi connectivity index (χ2n) is 3.62. The van der Waals surface area contributed by atoms with E-state index in [0.717, 1.165) is 32.4 Å². The first-order valence-corrected chi connectivity index (χ1v) is 5.35. The zero-order valence-electron chi connectivity index (χ0n) is 9.01. The van der Waals surface area contributed by atoms with Crippen LogP contribution >= 0.6 is 0 Å². The van der Waals surface area contributed by atoms with Crippen molar-refractivity contribution in [1.29, 1.82) is 0 Å². The quantitative estimate of drug-likeness (QED) is 0.685. The van der Waals surface area contributed by atoms with E-state index in [1.54, 1.807) is 7.05 Å². The van der Waals surface area contributed by atoms with Crippen LogP contribution in [0, 0.1) is 0 Å². The normalized spacial score (nSPS) is 24.3. The number of hydrogen-bond donors (Lipinski definition) is 2. The van der Waals surface area contributed by atoms with Crippen molar-refractivity contribution in [1.82, 2.24) is 10.6 Å². The fourth-order valence-electron chi connectivity index (χ4n) is 1.67. The van der Waals surface area contributed by atoms with Gasteiger partial charge in [-0.15, -0.1) is 0 Å². The summed E-state index contributed by atoms with van der Waals surface area (Å²) in [7, 11) is 1.65. The molecule has 0 aromatic carbocycles. The highest BCUT2D eigenvalue weighted by Gasteiger charge is 2.22. The molecule has 1 aliphatic rings. The summed E-state index contributed by atoms with van der Waals surface area (Å²) >= 11 is 0. The summed E-state index contributed by atoms with van der Waals surface area (Å²) in [6, 6.07) is 0. The summed E-state index contributed by atoms with van der Waals surface area (Å²) in [5.41, 5.74) is 0. The molecule has 2 atom stereocenters. The van der Waals surface area contributed by atoms with Crippen molar-refractivity contribution in [2.24, 2.45) is 0 Å². The molecule has 0 unspecified atom stereocenters. The molecule has 2 N–H and O–H groups in total. The number of carbonyl (C=O) groups excluding carboxylic acids is 1. The molecule has 0 bridgehead atoms. The van der Waals surface area contributed by atoms with Crippen LogP contribution in [0.2, 0.25) is 0 Å². The van der Waals surface area contributed by atoms with Crippen LogP contribution in [0.5, 0.6) is 0 Å². The van der Waals surface area contributed by atoms with Crippen LogP contribution in [0.25, 0.3) is 0 Å². The van der Waals surface area contributed by atoms with Gasteiger partial charge in [0.1, 0.15) is 6.10 Å². The third kappa shape index (κ3) is 3.27. The molecule has 14 heavy (non-hydrogen) atoms. The number of carbonyl (C=O) groups is 1. The second-order valence-corrected chi connectivity index (χ2v) is 3.62. The molecule has 1 rings (SSSR count). The molecule has 1 heterocycles. The standard InChI is InChI=1S/C10H20N2O2/c1-3-9(10(13)11-2)14-8-5-4-6-12-7-8/h8-9,12H,3-7H2,1-2H3,(H,11,13)/t8-,9+/m0/s1. The number of hydrogen-bond acceptors (Lipinski definition) is 3. The molecule has 82 valence electrons. The van der Waals surface area contributed by atoms with Crippen molar-refractivity contribution < 1.29 is 9.53 Å². The highest BCUT2D eigenvalue weighted by atomic mass is 16.5. The number of piperidine rings is 1. The van der Waals surface area contributed by atoms with Gasteiger partial charge in [0.15, 0.2) is 0 Å². The van der Waals surface area contributed by atoms with E-state index in [1.165, 1.54) is 0 Å². The lowest BCUT2D eigenvalue weighted by atomic mass is 10.1. The largest absolute Gasteiger partial charge is 0.364 e. The molecule has 0 saturated carbocycles. The Balaban J connectivity index is 2.34. The van der Waals surface area contributed by atoms with Gasteiger partial charge in [-0.2, -0.15) is 0 Å². The molecule has 0 spiro atoms. The van der Waals surface area contributed by atoms with Gasteiger partial charge in [-0.3, -0.25) is 4.79 Å². The first-order valence-electron chi connectivity index (χ1n) is 5.35. The predicted octanol–water partition coefficient (Wildman–Crippen LogP) is 0.280. The van der Waals surface area contributed by atoms with E-state index in [1.807, 2.05) is 6.92 Å². The van der Waals surface area contributed by atoms with Crippen LogP contribution in [0.15, 0.2) is 0 Å². The summed E-state index contributed by atoms with van der Waals surface area (Å²) < 4.78 is 5.72. The highest BCUT2D eigenvalue weighted by Crippen LogP contribution is 2.10. The zero-order chi connectivity index (χ0) is 10.4. The summed E-state index contributed by atoms with van der Waals surface area (Å²) in [4.78, 5) is 11.4. The van der Waals surface area contributed by atoms with Crippen LogP contribution in [-0.2, 0) is 9.53 Å². The van der Waals surface area contributed by atoms with Gasteiger partial charge in [-0.05, 0) is 25.8 Å². The van der Waals surface area contributed by atoms with E-state index < -0.39 is 0 Å². The molecule has 1 amide bonds. The van der Waals surface area contributed by atoms with Crippen molar-refractivity contribution in [3.8, 4) is 0 Å². The van der Waals surface area contributed by atoms with Gasteiger partial charge in [0.2, 0.25) is 5.91 Å². The molecule has 0 aliphatic carbocycles. The minimum absolute atomic E-state index is 0.0157. The van der Waals surface area contributed by atoms with Gasteiger partial charge < -0.3 is 15.4 Å². The molecule has 0 aromatic rings. The van der Waals surface area contributed by atoms with Gasteiger partial charge in [-0.25, -0.2) is 0 Å². The van der Waals surface area contributed by atoms with Gasteiger partial charge >= 0.3 is 0 Å². The Bertz CT molecular complexity index is 179. The van der Waals surface area contributed by atoms with E-state index >= 15 is 0 Å². The fourth-order valence-corrected chi connectivity index (χ4v) is 1.67. The van der Waals surface area contributed by atoms with Crippen LogP contribution < -0.4 is 10.6 Å². The average Bonchev–Trinajstić information content (AvgIpc) is 2.26. The minimum Gasteiger partial charge on any atom is -0.364 e. The molecule has 0 aromatic heterocycles. The van der Waals surface area contributed by atoms with Crippen LogP contribution in [-0.4, -0.2) is 38.3 Å².